The minimum atomic E-state index is -0.159. The van der Waals surface area contributed by atoms with Crippen LogP contribution in [0.4, 0.5) is 0 Å². The van der Waals surface area contributed by atoms with Crippen LogP contribution < -0.4 is 5.73 Å². The summed E-state index contributed by atoms with van der Waals surface area (Å²) in [6.45, 7) is 1.99. The quantitative estimate of drug-likeness (QED) is 0.828. The molecule has 0 aromatic heterocycles. The van der Waals surface area contributed by atoms with Crippen LogP contribution in [-0.4, -0.2) is 0 Å². The van der Waals surface area contributed by atoms with Crippen LogP contribution in [-0.2, 0) is 6.42 Å². The second kappa shape index (κ2) is 6.15. The van der Waals surface area contributed by atoms with Crippen molar-refractivity contribution in [1.29, 1.82) is 0 Å². The Bertz CT molecular complexity index is 576. The highest BCUT2D eigenvalue weighted by atomic mass is 35.5. The zero-order valence-electron chi connectivity index (χ0n) is 10.5. The minimum absolute atomic E-state index is 0.159. The van der Waals surface area contributed by atoms with E-state index in [1.807, 2.05) is 37.3 Å². The second-order valence-corrected chi connectivity index (χ2v) is 5.81. The van der Waals surface area contributed by atoms with Crippen molar-refractivity contribution in [3.05, 3.63) is 68.2 Å². The maximum absolute atomic E-state index is 6.22. The van der Waals surface area contributed by atoms with Gasteiger partial charge in [0.15, 0.2) is 0 Å². The molecule has 0 saturated carbocycles. The molecular weight excluding hydrogens is 301 g/mol. The maximum atomic E-state index is 6.22. The molecule has 2 aromatic carbocycles. The van der Waals surface area contributed by atoms with Gasteiger partial charge in [-0.25, -0.2) is 0 Å². The van der Waals surface area contributed by atoms with E-state index >= 15 is 0 Å². The molecule has 1 nitrogen and oxygen atoms in total. The molecule has 100 valence electrons. The summed E-state index contributed by atoms with van der Waals surface area (Å²) in [6, 6.07) is 11.2. The lowest BCUT2D eigenvalue weighted by Gasteiger charge is -2.15. The third-order valence-electron chi connectivity index (χ3n) is 2.96. The number of aryl methyl sites for hydroxylation is 1. The van der Waals surface area contributed by atoms with Crippen LogP contribution in [0.2, 0.25) is 15.1 Å². The summed E-state index contributed by atoms with van der Waals surface area (Å²) in [5.74, 6) is 0. The molecule has 0 fully saturated rings. The molecule has 2 rings (SSSR count). The molecule has 2 aromatic rings. The lowest BCUT2D eigenvalue weighted by Crippen LogP contribution is -2.13. The molecule has 0 radical (unpaired) electrons. The number of hydrogen-bond acceptors (Lipinski definition) is 1. The molecule has 4 heteroatoms. The molecule has 1 unspecified atom stereocenters. The Labute approximate surface area is 128 Å². The average molecular weight is 315 g/mol. The van der Waals surface area contributed by atoms with Crippen LogP contribution in [0.1, 0.15) is 22.7 Å². The number of benzene rings is 2. The largest absolute Gasteiger partial charge is 0.324 e. The van der Waals surface area contributed by atoms with E-state index in [9.17, 15) is 0 Å². The fourth-order valence-corrected chi connectivity index (χ4v) is 2.73. The molecule has 0 amide bonds. The van der Waals surface area contributed by atoms with Crippen molar-refractivity contribution in [2.45, 2.75) is 19.4 Å². The molecule has 2 N–H and O–H groups in total. The fourth-order valence-electron chi connectivity index (χ4n) is 2.04. The standard InChI is InChI=1S/C15H14Cl3N/c1-9-5-11(7-12(16)6-9)14(19)8-10-3-2-4-13(17)15(10)18/h2-7,14H,8,19H2,1H3. The molecule has 1 atom stereocenters. The second-order valence-electron chi connectivity index (χ2n) is 4.59. The normalized spacial score (nSPS) is 12.5. The van der Waals surface area contributed by atoms with Crippen molar-refractivity contribution in [2.24, 2.45) is 5.73 Å². The van der Waals surface area contributed by atoms with E-state index in [4.69, 9.17) is 40.5 Å². The molecule has 0 saturated heterocycles. The van der Waals surface area contributed by atoms with Gasteiger partial charge in [-0.2, -0.15) is 0 Å². The van der Waals surface area contributed by atoms with Crippen molar-refractivity contribution in [3.8, 4) is 0 Å². The Morgan fingerprint density at radius 1 is 1.11 bits per heavy atom. The Morgan fingerprint density at radius 2 is 1.84 bits per heavy atom. The highest BCUT2D eigenvalue weighted by molar-refractivity contribution is 6.42. The average Bonchev–Trinajstić information content (AvgIpc) is 2.33. The van der Waals surface area contributed by atoms with Crippen molar-refractivity contribution in [1.82, 2.24) is 0 Å². The van der Waals surface area contributed by atoms with Gasteiger partial charge in [0, 0.05) is 11.1 Å². The third kappa shape index (κ3) is 3.64. The molecule has 0 aliphatic rings. The molecule has 0 heterocycles. The van der Waals surface area contributed by atoms with Crippen LogP contribution in [0, 0.1) is 6.92 Å². The van der Waals surface area contributed by atoms with E-state index in [2.05, 4.69) is 0 Å². The van der Waals surface area contributed by atoms with Crippen LogP contribution in [0.5, 0.6) is 0 Å². The van der Waals surface area contributed by atoms with Gasteiger partial charge >= 0.3 is 0 Å². The lowest BCUT2D eigenvalue weighted by molar-refractivity contribution is 0.721. The van der Waals surface area contributed by atoms with Gasteiger partial charge in [-0.3, -0.25) is 0 Å². The van der Waals surface area contributed by atoms with Gasteiger partial charge in [-0.15, -0.1) is 0 Å². The van der Waals surface area contributed by atoms with Gasteiger partial charge in [0.25, 0.3) is 0 Å². The molecular formula is C15H14Cl3N. The van der Waals surface area contributed by atoms with E-state index in [-0.39, 0.29) is 6.04 Å². The third-order valence-corrected chi connectivity index (χ3v) is 4.04. The van der Waals surface area contributed by atoms with Gasteiger partial charge in [0.05, 0.1) is 10.0 Å². The first kappa shape index (κ1) is 14.7. The number of halogens is 3. The van der Waals surface area contributed by atoms with E-state index in [1.54, 1.807) is 6.07 Å². The molecule has 0 spiro atoms. The molecule has 0 bridgehead atoms. The molecule has 0 aliphatic carbocycles. The van der Waals surface area contributed by atoms with Crippen molar-refractivity contribution in [2.75, 3.05) is 0 Å². The summed E-state index contributed by atoms with van der Waals surface area (Å²) in [4.78, 5) is 0. The fraction of sp³-hybridized carbons (Fsp3) is 0.200. The topological polar surface area (TPSA) is 26.0 Å². The van der Waals surface area contributed by atoms with Gasteiger partial charge < -0.3 is 5.73 Å². The number of hydrogen-bond donors (Lipinski definition) is 1. The highest BCUT2D eigenvalue weighted by Gasteiger charge is 2.12. The number of rotatable bonds is 3. The SMILES string of the molecule is Cc1cc(Cl)cc(C(N)Cc2cccc(Cl)c2Cl)c1. The predicted molar refractivity (Wildman–Crippen MR) is 83.3 cm³/mol. The van der Waals surface area contributed by atoms with E-state index < -0.39 is 0 Å². The van der Waals surface area contributed by atoms with E-state index in [1.165, 1.54) is 0 Å². The zero-order chi connectivity index (χ0) is 14.0. The monoisotopic (exact) mass is 313 g/mol. The van der Waals surface area contributed by atoms with Crippen LogP contribution in [0.3, 0.4) is 0 Å². The van der Waals surface area contributed by atoms with Crippen molar-refractivity contribution in [3.63, 3.8) is 0 Å². The first-order valence-corrected chi connectivity index (χ1v) is 7.06. The van der Waals surface area contributed by atoms with E-state index in [0.717, 1.165) is 16.7 Å². The van der Waals surface area contributed by atoms with Gasteiger partial charge in [-0.1, -0.05) is 53.0 Å². The predicted octanol–water partition coefficient (Wildman–Crippen LogP) is 5.20. The smallest absolute Gasteiger partial charge is 0.0624 e. The highest BCUT2D eigenvalue weighted by Crippen LogP contribution is 2.29. The van der Waals surface area contributed by atoms with Gasteiger partial charge in [0.2, 0.25) is 0 Å². The first-order valence-electron chi connectivity index (χ1n) is 5.93. The zero-order valence-corrected chi connectivity index (χ0v) is 12.7. The molecule has 19 heavy (non-hydrogen) atoms. The minimum Gasteiger partial charge on any atom is -0.324 e. The van der Waals surface area contributed by atoms with E-state index in [0.29, 0.717) is 21.5 Å². The summed E-state index contributed by atoms with van der Waals surface area (Å²) in [5, 5.41) is 1.81. The summed E-state index contributed by atoms with van der Waals surface area (Å²) < 4.78 is 0. The summed E-state index contributed by atoms with van der Waals surface area (Å²) in [5.41, 5.74) is 9.26. The van der Waals surface area contributed by atoms with Crippen molar-refractivity contribution < 1.29 is 0 Å². The first-order chi connectivity index (χ1) is 8.97. The Kier molecular flexibility index (Phi) is 4.75. The summed E-state index contributed by atoms with van der Waals surface area (Å²) in [7, 11) is 0. The van der Waals surface area contributed by atoms with Crippen molar-refractivity contribution >= 4 is 34.8 Å². The van der Waals surface area contributed by atoms with Crippen LogP contribution in [0.15, 0.2) is 36.4 Å². The Balaban J connectivity index is 2.25. The van der Waals surface area contributed by atoms with Crippen LogP contribution >= 0.6 is 34.8 Å². The Morgan fingerprint density at radius 3 is 2.53 bits per heavy atom. The summed E-state index contributed by atoms with van der Waals surface area (Å²) in [6.07, 6.45) is 0.624. The van der Waals surface area contributed by atoms with Gasteiger partial charge in [-0.05, 0) is 48.2 Å². The Hall–Kier alpha value is -0.730. The lowest BCUT2D eigenvalue weighted by atomic mass is 9.98. The van der Waals surface area contributed by atoms with Gasteiger partial charge in [0.1, 0.15) is 0 Å². The maximum Gasteiger partial charge on any atom is 0.0624 e. The van der Waals surface area contributed by atoms with Crippen LogP contribution in [0.25, 0.3) is 0 Å². The molecule has 0 aliphatic heterocycles. The summed E-state index contributed by atoms with van der Waals surface area (Å²) >= 11 is 18.2. The number of nitrogens with two attached hydrogens (primary N) is 1.